The highest BCUT2D eigenvalue weighted by molar-refractivity contribution is 9.10. The van der Waals surface area contributed by atoms with Crippen LogP contribution in [0.25, 0.3) is 0 Å². The third-order valence-corrected chi connectivity index (χ3v) is 5.60. The number of hydrogen-bond acceptors (Lipinski definition) is 8. The number of aliphatic hydroxyl groups is 1. The van der Waals surface area contributed by atoms with Crippen molar-refractivity contribution in [2.24, 2.45) is 5.14 Å². The highest BCUT2D eigenvalue weighted by Crippen LogP contribution is 2.30. The van der Waals surface area contributed by atoms with Crippen LogP contribution in [0.2, 0.25) is 0 Å². The summed E-state index contributed by atoms with van der Waals surface area (Å²) in [5, 5.41) is 21.6. The van der Waals surface area contributed by atoms with Crippen LogP contribution in [0.5, 0.6) is 5.75 Å². The van der Waals surface area contributed by atoms with Gasteiger partial charge in [0.25, 0.3) is 0 Å². The minimum Gasteiger partial charge on any atom is -0.492 e. The van der Waals surface area contributed by atoms with Gasteiger partial charge >= 0.3 is 0 Å². The Labute approximate surface area is 165 Å². The number of primary sulfonamides is 1. The molecule has 1 aliphatic heterocycles. The molecule has 0 amide bonds. The van der Waals surface area contributed by atoms with E-state index in [1.807, 2.05) is 0 Å². The lowest BCUT2D eigenvalue weighted by atomic mass is 10.1. The Morgan fingerprint density at radius 2 is 2.22 bits per heavy atom. The lowest BCUT2D eigenvalue weighted by Crippen LogP contribution is -2.32. The van der Waals surface area contributed by atoms with Crippen molar-refractivity contribution in [3.63, 3.8) is 0 Å². The Balaban J connectivity index is 2.03. The summed E-state index contributed by atoms with van der Waals surface area (Å²) in [6.45, 7) is 1.95. The van der Waals surface area contributed by atoms with Crippen LogP contribution in [0.3, 0.4) is 0 Å². The van der Waals surface area contributed by atoms with Crippen molar-refractivity contribution < 1.29 is 18.3 Å². The zero-order chi connectivity index (χ0) is 19.6. The number of benzene rings is 1. The maximum Gasteiger partial charge on any atom is 0.241 e. The first-order valence-electron chi connectivity index (χ1n) is 8.28. The predicted molar refractivity (Wildman–Crippen MR) is 105 cm³/mol. The highest BCUT2D eigenvalue weighted by Gasteiger charge is 2.20. The molecule has 1 aromatic heterocycles. The molecule has 2 aromatic rings. The Morgan fingerprint density at radius 3 is 2.93 bits per heavy atom. The SMILES string of the molecule is CC(O)C1CCCOc2cc(ccc2S(N)(=O)=O)Nc2ncc(Br)c(n2)N1. The van der Waals surface area contributed by atoms with Crippen LogP contribution in [0, 0.1) is 0 Å². The van der Waals surface area contributed by atoms with E-state index in [-0.39, 0.29) is 23.3 Å². The van der Waals surface area contributed by atoms with Crippen molar-refractivity contribution in [3.8, 4) is 5.75 Å². The van der Waals surface area contributed by atoms with Crippen LogP contribution in [-0.2, 0) is 10.0 Å². The number of anilines is 3. The number of rotatable bonds is 2. The largest absolute Gasteiger partial charge is 0.492 e. The molecule has 1 aliphatic rings. The zero-order valence-electron chi connectivity index (χ0n) is 14.5. The average Bonchev–Trinajstić information content (AvgIpc) is 2.59. The number of ether oxygens (including phenoxy) is 1. The van der Waals surface area contributed by atoms with Crippen molar-refractivity contribution in [1.29, 1.82) is 0 Å². The number of nitrogens with zero attached hydrogens (tertiary/aromatic N) is 2. The third kappa shape index (κ3) is 4.86. The van der Waals surface area contributed by atoms with Gasteiger partial charge in [-0.3, -0.25) is 0 Å². The molecule has 4 bridgehead atoms. The molecule has 5 N–H and O–H groups in total. The van der Waals surface area contributed by atoms with Gasteiger partial charge in [-0.15, -0.1) is 0 Å². The number of sulfonamides is 1. The number of nitrogens with two attached hydrogens (primary N) is 1. The number of halogens is 1. The minimum atomic E-state index is -3.93. The zero-order valence-corrected chi connectivity index (χ0v) is 16.9. The molecule has 0 aliphatic carbocycles. The molecular formula is C16H20BrN5O4S. The van der Waals surface area contributed by atoms with Crippen molar-refractivity contribution in [3.05, 3.63) is 28.9 Å². The molecule has 0 fully saturated rings. The van der Waals surface area contributed by atoms with E-state index in [1.54, 1.807) is 25.3 Å². The fraction of sp³-hybridized carbons (Fsp3) is 0.375. The van der Waals surface area contributed by atoms with Crippen LogP contribution in [0.15, 0.2) is 33.8 Å². The molecule has 2 atom stereocenters. The van der Waals surface area contributed by atoms with Gasteiger partial charge in [-0.1, -0.05) is 0 Å². The smallest absolute Gasteiger partial charge is 0.241 e. The molecule has 11 heteroatoms. The van der Waals surface area contributed by atoms with Gasteiger partial charge in [-0.05, 0) is 47.8 Å². The van der Waals surface area contributed by atoms with E-state index >= 15 is 0 Å². The first kappa shape index (κ1) is 19.8. The van der Waals surface area contributed by atoms with Crippen LogP contribution in [-0.4, -0.2) is 42.2 Å². The minimum absolute atomic E-state index is 0.0921. The van der Waals surface area contributed by atoms with Crippen LogP contribution in [0.4, 0.5) is 17.5 Å². The molecule has 0 saturated heterocycles. The van der Waals surface area contributed by atoms with E-state index in [4.69, 9.17) is 9.88 Å². The van der Waals surface area contributed by atoms with Gasteiger partial charge in [0.15, 0.2) is 0 Å². The molecule has 9 nitrogen and oxygen atoms in total. The van der Waals surface area contributed by atoms with Crippen molar-refractivity contribution in [2.75, 3.05) is 17.2 Å². The maximum absolute atomic E-state index is 11.8. The third-order valence-electron chi connectivity index (χ3n) is 4.07. The Bertz CT molecular complexity index is 938. The number of aliphatic hydroxyl groups excluding tert-OH is 1. The van der Waals surface area contributed by atoms with E-state index in [2.05, 4.69) is 36.5 Å². The second kappa shape index (κ2) is 7.97. The number of aromatic nitrogens is 2. The summed E-state index contributed by atoms with van der Waals surface area (Å²) in [5.74, 6) is 0.999. The predicted octanol–water partition coefficient (Wildman–Crippen LogP) is 1.96. The molecule has 1 aromatic carbocycles. The van der Waals surface area contributed by atoms with Gasteiger partial charge in [-0.2, -0.15) is 4.98 Å². The summed E-state index contributed by atoms with van der Waals surface area (Å²) in [6.07, 6.45) is 2.13. The van der Waals surface area contributed by atoms with Crippen molar-refractivity contribution in [2.45, 2.75) is 36.8 Å². The molecule has 3 rings (SSSR count). The van der Waals surface area contributed by atoms with E-state index in [0.717, 1.165) is 0 Å². The monoisotopic (exact) mass is 457 g/mol. The topological polar surface area (TPSA) is 139 Å². The maximum atomic E-state index is 11.8. The van der Waals surface area contributed by atoms with E-state index in [9.17, 15) is 13.5 Å². The van der Waals surface area contributed by atoms with Crippen LogP contribution < -0.4 is 20.5 Å². The fourth-order valence-corrected chi connectivity index (χ4v) is 3.65. The summed E-state index contributed by atoms with van der Waals surface area (Å²) >= 11 is 3.40. The molecule has 0 saturated carbocycles. The molecule has 0 spiro atoms. The summed E-state index contributed by atoms with van der Waals surface area (Å²) < 4.78 is 29.9. The Kier molecular flexibility index (Phi) is 5.84. The number of hydrogen-bond donors (Lipinski definition) is 4. The molecule has 0 radical (unpaired) electrons. The first-order chi connectivity index (χ1) is 12.7. The highest BCUT2D eigenvalue weighted by atomic mass is 79.9. The van der Waals surface area contributed by atoms with Crippen LogP contribution >= 0.6 is 15.9 Å². The summed E-state index contributed by atoms with van der Waals surface area (Å²) in [6, 6.07) is 4.21. The second-order valence-corrected chi connectivity index (χ2v) is 8.59. The average molecular weight is 458 g/mol. The first-order valence-corrected chi connectivity index (χ1v) is 10.6. The van der Waals surface area contributed by atoms with E-state index in [0.29, 0.717) is 34.8 Å². The number of nitrogens with one attached hydrogen (secondary N) is 2. The fourth-order valence-electron chi connectivity index (χ4n) is 2.69. The Morgan fingerprint density at radius 1 is 1.44 bits per heavy atom. The van der Waals surface area contributed by atoms with Gasteiger partial charge in [0.1, 0.15) is 16.5 Å². The normalized spacial score (nSPS) is 18.6. The summed E-state index contributed by atoms with van der Waals surface area (Å²) in [7, 11) is -3.93. The summed E-state index contributed by atoms with van der Waals surface area (Å²) in [4.78, 5) is 8.53. The number of fused-ring (bicyclic) bond motifs is 4. The Hall–Kier alpha value is -1.95. The van der Waals surface area contributed by atoms with Crippen molar-refractivity contribution >= 4 is 43.4 Å². The molecule has 2 heterocycles. The van der Waals surface area contributed by atoms with Gasteiger partial charge in [0, 0.05) is 18.0 Å². The second-order valence-electron chi connectivity index (χ2n) is 6.20. The lowest BCUT2D eigenvalue weighted by molar-refractivity contribution is 0.162. The molecule has 27 heavy (non-hydrogen) atoms. The van der Waals surface area contributed by atoms with Gasteiger partial charge in [0.2, 0.25) is 16.0 Å². The standard InChI is InChI=1S/C16H20BrN5O4S/c1-9(23)12-3-2-6-26-13-7-10(4-5-14(13)27(18,24)25)20-16-19-8-11(17)15(21-12)22-16/h4-5,7-9,12,23H,2-3,6H2,1H3,(H2,18,24,25)(H2,19,20,21,22). The van der Waals surface area contributed by atoms with Crippen molar-refractivity contribution in [1.82, 2.24) is 9.97 Å². The van der Waals surface area contributed by atoms with E-state index < -0.39 is 16.1 Å². The quantitative estimate of drug-likeness (QED) is 0.536. The molecule has 2 unspecified atom stereocenters. The van der Waals surface area contributed by atoms with Gasteiger partial charge in [-0.25, -0.2) is 18.5 Å². The van der Waals surface area contributed by atoms with Gasteiger partial charge in [0.05, 0.1) is 23.2 Å². The van der Waals surface area contributed by atoms with E-state index in [1.165, 1.54) is 6.07 Å². The van der Waals surface area contributed by atoms with Gasteiger partial charge < -0.3 is 20.5 Å². The molecular weight excluding hydrogens is 438 g/mol. The lowest BCUT2D eigenvalue weighted by Gasteiger charge is -2.22. The summed E-state index contributed by atoms with van der Waals surface area (Å²) in [5.41, 5.74) is 0.553. The van der Waals surface area contributed by atoms with Crippen LogP contribution in [0.1, 0.15) is 19.8 Å². The molecule has 146 valence electrons.